The maximum atomic E-state index is 12.9. The first kappa shape index (κ1) is 14.5. The molecule has 5 heteroatoms. The van der Waals surface area contributed by atoms with Gasteiger partial charge >= 0.3 is 0 Å². The van der Waals surface area contributed by atoms with E-state index in [1.165, 1.54) is 12.1 Å². The maximum Gasteiger partial charge on any atom is 0.248 e. The van der Waals surface area contributed by atoms with Gasteiger partial charge < -0.3 is 10.2 Å². The fourth-order valence-electron chi connectivity index (χ4n) is 2.31. The Balaban J connectivity index is 2.19. The number of carbonyl (C=O) groups excluding carboxylic acids is 2. The van der Waals surface area contributed by atoms with Crippen LogP contribution < -0.4 is 5.32 Å². The van der Waals surface area contributed by atoms with Gasteiger partial charge in [0.05, 0.1) is 0 Å². The Bertz CT molecular complexity index is 515. The Kier molecular flexibility index (Phi) is 4.06. The number of hydrogen-bond donors (Lipinski definition) is 1. The van der Waals surface area contributed by atoms with Crippen molar-refractivity contribution in [2.24, 2.45) is 0 Å². The molecule has 0 aromatic heterocycles. The third-order valence-electron chi connectivity index (χ3n) is 3.78. The van der Waals surface area contributed by atoms with Gasteiger partial charge in [0, 0.05) is 19.5 Å². The van der Waals surface area contributed by atoms with Gasteiger partial charge in [-0.1, -0.05) is 19.1 Å². The summed E-state index contributed by atoms with van der Waals surface area (Å²) in [6, 6.07) is 6.07. The van der Waals surface area contributed by atoms with E-state index in [1.54, 1.807) is 24.0 Å². The third kappa shape index (κ3) is 2.98. The van der Waals surface area contributed by atoms with Crippen LogP contribution in [0.15, 0.2) is 24.3 Å². The van der Waals surface area contributed by atoms with Crippen molar-refractivity contribution in [1.29, 1.82) is 0 Å². The van der Waals surface area contributed by atoms with E-state index in [9.17, 15) is 14.0 Å². The summed E-state index contributed by atoms with van der Waals surface area (Å²) < 4.78 is 12.9. The molecule has 1 atom stereocenters. The first-order valence-electron chi connectivity index (χ1n) is 6.79. The van der Waals surface area contributed by atoms with Crippen LogP contribution >= 0.6 is 0 Å². The van der Waals surface area contributed by atoms with E-state index in [2.05, 4.69) is 5.32 Å². The van der Waals surface area contributed by atoms with Gasteiger partial charge in [-0.25, -0.2) is 4.39 Å². The van der Waals surface area contributed by atoms with E-state index in [0.717, 1.165) is 5.56 Å². The Morgan fingerprint density at radius 2 is 1.95 bits per heavy atom. The second-order valence-electron chi connectivity index (χ2n) is 5.34. The summed E-state index contributed by atoms with van der Waals surface area (Å²) in [7, 11) is 0. The zero-order valence-electron chi connectivity index (χ0n) is 11.8. The van der Waals surface area contributed by atoms with E-state index in [0.29, 0.717) is 25.9 Å². The van der Waals surface area contributed by atoms with E-state index < -0.39 is 5.54 Å². The second-order valence-corrected chi connectivity index (χ2v) is 5.34. The normalized spacial score (nSPS) is 23.4. The van der Waals surface area contributed by atoms with Crippen LogP contribution in [0.3, 0.4) is 0 Å². The quantitative estimate of drug-likeness (QED) is 0.917. The Labute approximate surface area is 118 Å². The van der Waals surface area contributed by atoms with Gasteiger partial charge in [0.25, 0.3) is 0 Å². The van der Waals surface area contributed by atoms with Crippen molar-refractivity contribution in [2.45, 2.75) is 38.8 Å². The third-order valence-corrected chi connectivity index (χ3v) is 3.78. The van der Waals surface area contributed by atoms with Gasteiger partial charge in [0.2, 0.25) is 11.8 Å². The maximum absolute atomic E-state index is 12.9. The highest BCUT2D eigenvalue weighted by atomic mass is 19.1. The molecule has 2 amide bonds. The standard InChI is InChI=1S/C15H19FN2O2/c1-3-15(2)14(20)18(9-8-13(19)17-15)10-11-4-6-12(16)7-5-11/h4-7H,3,8-10H2,1-2H3,(H,17,19). The van der Waals surface area contributed by atoms with Crippen LogP contribution in [0.4, 0.5) is 4.39 Å². The van der Waals surface area contributed by atoms with Crippen molar-refractivity contribution in [3.8, 4) is 0 Å². The van der Waals surface area contributed by atoms with Gasteiger partial charge in [0.15, 0.2) is 0 Å². The number of hydrogen-bond acceptors (Lipinski definition) is 2. The molecule has 0 bridgehead atoms. The fraction of sp³-hybridized carbons (Fsp3) is 0.467. The molecule has 1 aromatic carbocycles. The lowest BCUT2D eigenvalue weighted by Crippen LogP contribution is -2.54. The van der Waals surface area contributed by atoms with E-state index in [4.69, 9.17) is 0 Å². The highest BCUT2D eigenvalue weighted by Crippen LogP contribution is 2.19. The first-order chi connectivity index (χ1) is 9.44. The molecule has 1 N–H and O–H groups in total. The molecule has 1 aliphatic rings. The van der Waals surface area contributed by atoms with Crippen molar-refractivity contribution in [2.75, 3.05) is 6.54 Å². The minimum Gasteiger partial charge on any atom is -0.342 e. The lowest BCUT2D eigenvalue weighted by atomic mass is 9.97. The fourth-order valence-corrected chi connectivity index (χ4v) is 2.31. The molecule has 1 heterocycles. The second kappa shape index (κ2) is 5.61. The molecule has 0 radical (unpaired) electrons. The van der Waals surface area contributed by atoms with Gasteiger partial charge in [0.1, 0.15) is 11.4 Å². The number of nitrogens with one attached hydrogen (secondary N) is 1. The Hall–Kier alpha value is -1.91. The number of nitrogens with zero attached hydrogens (tertiary/aromatic N) is 1. The zero-order chi connectivity index (χ0) is 14.8. The van der Waals surface area contributed by atoms with Gasteiger partial charge in [-0.05, 0) is 31.0 Å². The molecule has 0 aliphatic carbocycles. The van der Waals surface area contributed by atoms with Crippen LogP contribution in [-0.4, -0.2) is 28.8 Å². The van der Waals surface area contributed by atoms with Crippen molar-refractivity contribution < 1.29 is 14.0 Å². The summed E-state index contributed by atoms with van der Waals surface area (Å²) in [6.45, 7) is 4.40. The predicted molar refractivity (Wildman–Crippen MR) is 73.3 cm³/mol. The summed E-state index contributed by atoms with van der Waals surface area (Å²) in [5.41, 5.74) is 0.000657. The smallest absolute Gasteiger partial charge is 0.248 e. The molecule has 0 saturated carbocycles. The molecule has 108 valence electrons. The summed E-state index contributed by atoms with van der Waals surface area (Å²) in [5.74, 6) is -0.495. The molecule has 1 aliphatic heterocycles. The minimum atomic E-state index is -0.854. The van der Waals surface area contributed by atoms with Crippen molar-refractivity contribution >= 4 is 11.8 Å². The number of rotatable bonds is 3. The summed E-state index contributed by atoms with van der Waals surface area (Å²) >= 11 is 0. The topological polar surface area (TPSA) is 49.4 Å². The average molecular weight is 278 g/mol. The van der Waals surface area contributed by atoms with E-state index >= 15 is 0 Å². The number of amides is 2. The molecule has 1 aromatic rings. The molecule has 2 rings (SSSR count). The monoisotopic (exact) mass is 278 g/mol. The van der Waals surface area contributed by atoms with Crippen molar-refractivity contribution in [3.63, 3.8) is 0 Å². The highest BCUT2D eigenvalue weighted by molar-refractivity contribution is 5.93. The number of carbonyl (C=O) groups is 2. The highest BCUT2D eigenvalue weighted by Gasteiger charge is 2.38. The molecule has 4 nitrogen and oxygen atoms in total. The van der Waals surface area contributed by atoms with Crippen LogP contribution in [0, 0.1) is 5.82 Å². The molecular formula is C15H19FN2O2. The van der Waals surface area contributed by atoms with Crippen LogP contribution in [-0.2, 0) is 16.1 Å². The van der Waals surface area contributed by atoms with Gasteiger partial charge in [-0.15, -0.1) is 0 Å². The predicted octanol–water partition coefficient (Wildman–Crippen LogP) is 1.84. The first-order valence-corrected chi connectivity index (χ1v) is 6.79. The molecule has 1 fully saturated rings. The Morgan fingerprint density at radius 1 is 1.30 bits per heavy atom. The summed E-state index contributed by atoms with van der Waals surface area (Å²) in [4.78, 5) is 25.9. The Morgan fingerprint density at radius 3 is 2.55 bits per heavy atom. The average Bonchev–Trinajstić information content (AvgIpc) is 2.53. The molecule has 1 saturated heterocycles. The van der Waals surface area contributed by atoms with Crippen LogP contribution in [0.25, 0.3) is 0 Å². The number of benzene rings is 1. The van der Waals surface area contributed by atoms with E-state index in [1.807, 2.05) is 6.92 Å². The van der Waals surface area contributed by atoms with Crippen LogP contribution in [0.5, 0.6) is 0 Å². The molecule has 1 unspecified atom stereocenters. The molecule has 0 spiro atoms. The minimum absolute atomic E-state index is 0.0878. The lowest BCUT2D eigenvalue weighted by molar-refractivity contribution is -0.138. The van der Waals surface area contributed by atoms with Crippen LogP contribution in [0.1, 0.15) is 32.3 Å². The van der Waals surface area contributed by atoms with Gasteiger partial charge in [-0.2, -0.15) is 0 Å². The summed E-state index contributed by atoms with van der Waals surface area (Å²) in [5, 5.41) is 2.79. The SMILES string of the molecule is CCC1(C)NC(=O)CCN(Cc2ccc(F)cc2)C1=O. The van der Waals surface area contributed by atoms with Crippen molar-refractivity contribution in [3.05, 3.63) is 35.6 Å². The van der Waals surface area contributed by atoms with Gasteiger partial charge in [-0.3, -0.25) is 9.59 Å². The van der Waals surface area contributed by atoms with Crippen molar-refractivity contribution in [1.82, 2.24) is 10.2 Å². The largest absolute Gasteiger partial charge is 0.342 e. The number of halogens is 1. The summed E-state index contributed by atoms with van der Waals surface area (Å²) in [6.07, 6.45) is 0.833. The van der Waals surface area contributed by atoms with Crippen LogP contribution in [0.2, 0.25) is 0 Å². The molecule has 20 heavy (non-hydrogen) atoms. The van der Waals surface area contributed by atoms with E-state index in [-0.39, 0.29) is 17.6 Å². The lowest BCUT2D eigenvalue weighted by Gasteiger charge is -2.31. The zero-order valence-corrected chi connectivity index (χ0v) is 11.8. The molecular weight excluding hydrogens is 259 g/mol.